The molecule has 114 valence electrons. The zero-order valence-electron chi connectivity index (χ0n) is 12.0. The molecule has 20 heavy (non-hydrogen) atoms. The number of ether oxygens (including phenoxy) is 2. The van der Waals surface area contributed by atoms with Gasteiger partial charge in [0.1, 0.15) is 6.54 Å². The first-order valence-electron chi connectivity index (χ1n) is 7.43. The third-order valence-corrected chi connectivity index (χ3v) is 4.55. The number of hydrogen-bond acceptors (Lipinski definition) is 4. The van der Waals surface area contributed by atoms with Crippen molar-refractivity contribution >= 4 is 12.1 Å². The highest BCUT2D eigenvalue weighted by atomic mass is 16.7. The van der Waals surface area contributed by atoms with Gasteiger partial charge >= 0.3 is 12.1 Å². The minimum Gasteiger partial charge on any atom is -0.481 e. The number of aliphatic carboxylic acids is 1. The fourth-order valence-electron chi connectivity index (χ4n) is 3.47. The maximum Gasteiger partial charge on any atom is 0.508 e. The Labute approximate surface area is 119 Å². The summed E-state index contributed by atoms with van der Waals surface area (Å²) in [6.45, 7) is 5.76. The number of rotatable bonds is 6. The van der Waals surface area contributed by atoms with Gasteiger partial charge in [0.2, 0.25) is 0 Å². The van der Waals surface area contributed by atoms with Crippen LogP contribution in [0.1, 0.15) is 32.6 Å². The molecule has 3 fully saturated rings. The van der Waals surface area contributed by atoms with Crippen LogP contribution in [0.15, 0.2) is 0 Å². The molecule has 3 heterocycles. The first kappa shape index (κ1) is 15.1. The summed E-state index contributed by atoms with van der Waals surface area (Å²) in [6, 6.07) is 0. The van der Waals surface area contributed by atoms with Crippen LogP contribution >= 0.6 is 0 Å². The van der Waals surface area contributed by atoms with Crippen LogP contribution in [0.2, 0.25) is 0 Å². The third-order valence-electron chi connectivity index (χ3n) is 4.55. The average Bonchev–Trinajstić information content (AvgIpc) is 2.39. The molecule has 0 saturated carbocycles. The Kier molecular flexibility index (Phi) is 4.86. The second-order valence-corrected chi connectivity index (χ2v) is 5.95. The highest BCUT2D eigenvalue weighted by molar-refractivity contribution is 5.68. The van der Waals surface area contributed by atoms with Gasteiger partial charge in [-0.3, -0.25) is 4.79 Å². The molecular weight excluding hydrogens is 262 g/mol. The predicted octanol–water partition coefficient (Wildman–Crippen LogP) is 1.63. The van der Waals surface area contributed by atoms with Crippen molar-refractivity contribution in [3.05, 3.63) is 0 Å². The quantitative estimate of drug-likeness (QED) is 0.593. The number of quaternary nitrogens is 1. The van der Waals surface area contributed by atoms with Crippen LogP contribution in [0.4, 0.5) is 4.79 Å². The molecule has 0 aromatic carbocycles. The van der Waals surface area contributed by atoms with Crippen LogP contribution in [0.25, 0.3) is 0 Å². The van der Waals surface area contributed by atoms with E-state index < -0.39 is 18.2 Å². The molecule has 0 aromatic rings. The SMILES string of the molecule is CCOC(=O)OC(CC(=O)O)C[N+]12CCC(CC1)CC2. The fourth-order valence-corrected chi connectivity index (χ4v) is 3.47. The number of carboxylic acid groups (broad SMARTS) is 1. The van der Waals surface area contributed by atoms with Crippen LogP contribution in [0, 0.1) is 5.92 Å². The molecule has 3 aliphatic heterocycles. The molecule has 0 aromatic heterocycles. The van der Waals surface area contributed by atoms with Crippen molar-refractivity contribution in [1.82, 2.24) is 0 Å². The minimum atomic E-state index is -0.940. The van der Waals surface area contributed by atoms with E-state index in [1.165, 1.54) is 19.3 Å². The van der Waals surface area contributed by atoms with Crippen LogP contribution in [0.5, 0.6) is 0 Å². The van der Waals surface area contributed by atoms with Gasteiger partial charge in [-0.2, -0.15) is 0 Å². The molecule has 0 aliphatic carbocycles. The van der Waals surface area contributed by atoms with Gasteiger partial charge in [0.05, 0.1) is 32.7 Å². The number of piperidine rings is 3. The lowest BCUT2D eigenvalue weighted by Gasteiger charge is -2.50. The van der Waals surface area contributed by atoms with E-state index in [1.54, 1.807) is 6.92 Å². The number of hydrogen-bond donors (Lipinski definition) is 1. The molecule has 0 radical (unpaired) electrons. The Morgan fingerprint density at radius 3 is 2.35 bits per heavy atom. The van der Waals surface area contributed by atoms with E-state index in [1.807, 2.05) is 0 Å². The largest absolute Gasteiger partial charge is 0.508 e. The number of carboxylic acids is 1. The summed E-state index contributed by atoms with van der Waals surface area (Å²) < 4.78 is 10.8. The number of carbonyl (C=O) groups excluding carboxylic acids is 1. The van der Waals surface area contributed by atoms with Gasteiger partial charge in [-0.1, -0.05) is 0 Å². The molecule has 0 spiro atoms. The summed E-state index contributed by atoms with van der Waals surface area (Å²) in [5.74, 6) is -0.0942. The van der Waals surface area contributed by atoms with E-state index in [0.717, 1.165) is 30.0 Å². The molecule has 0 amide bonds. The predicted molar refractivity (Wildman–Crippen MR) is 71.2 cm³/mol. The average molecular weight is 286 g/mol. The Bertz CT molecular complexity index is 349. The number of nitrogens with zero attached hydrogens (tertiary/aromatic N) is 1. The topological polar surface area (TPSA) is 72.8 Å². The van der Waals surface area contributed by atoms with Crippen LogP contribution < -0.4 is 0 Å². The summed E-state index contributed by atoms with van der Waals surface area (Å²) in [6.07, 6.45) is 2.12. The molecule has 3 rings (SSSR count). The van der Waals surface area contributed by atoms with Crippen molar-refractivity contribution in [2.24, 2.45) is 5.92 Å². The van der Waals surface area contributed by atoms with Crippen LogP contribution in [-0.2, 0) is 14.3 Å². The van der Waals surface area contributed by atoms with Crippen molar-refractivity contribution in [3.8, 4) is 0 Å². The molecule has 3 aliphatic rings. The van der Waals surface area contributed by atoms with Crippen LogP contribution in [-0.4, -0.2) is 60.6 Å². The molecular formula is C14H24NO5+. The summed E-state index contributed by atoms with van der Waals surface area (Å²) in [4.78, 5) is 22.4. The van der Waals surface area contributed by atoms with Gasteiger partial charge < -0.3 is 19.1 Å². The molecule has 1 N–H and O–H groups in total. The van der Waals surface area contributed by atoms with Crippen molar-refractivity contribution in [2.75, 3.05) is 32.8 Å². The highest BCUT2D eigenvalue weighted by Gasteiger charge is 2.42. The van der Waals surface area contributed by atoms with Crippen molar-refractivity contribution in [1.29, 1.82) is 0 Å². The van der Waals surface area contributed by atoms with E-state index in [0.29, 0.717) is 6.54 Å². The Hall–Kier alpha value is -1.30. The molecule has 6 heteroatoms. The van der Waals surface area contributed by atoms with E-state index in [2.05, 4.69) is 0 Å². The summed E-state index contributed by atoms with van der Waals surface area (Å²) in [5.41, 5.74) is 0. The monoisotopic (exact) mass is 286 g/mol. The Morgan fingerprint density at radius 1 is 1.25 bits per heavy atom. The second-order valence-electron chi connectivity index (χ2n) is 5.95. The van der Waals surface area contributed by atoms with Gasteiger partial charge in [0.25, 0.3) is 0 Å². The van der Waals surface area contributed by atoms with Gasteiger partial charge in [0.15, 0.2) is 6.10 Å². The first-order valence-corrected chi connectivity index (χ1v) is 7.43. The van der Waals surface area contributed by atoms with Gasteiger partial charge in [-0.15, -0.1) is 0 Å². The lowest BCUT2D eigenvalue weighted by Crippen LogP contribution is -2.61. The highest BCUT2D eigenvalue weighted by Crippen LogP contribution is 2.34. The van der Waals surface area contributed by atoms with Crippen molar-refractivity contribution in [2.45, 2.75) is 38.7 Å². The lowest BCUT2D eigenvalue weighted by molar-refractivity contribution is -0.945. The molecule has 1 atom stereocenters. The lowest BCUT2D eigenvalue weighted by atomic mass is 9.85. The zero-order valence-corrected chi connectivity index (χ0v) is 12.0. The number of fused-ring (bicyclic) bond motifs is 3. The fraction of sp³-hybridized carbons (Fsp3) is 0.857. The number of carbonyl (C=O) groups is 2. The first-order chi connectivity index (χ1) is 9.53. The summed E-state index contributed by atoms with van der Waals surface area (Å²) in [5, 5.41) is 8.98. The standard InChI is InChI=1S/C14H23NO5/c1-2-19-14(18)20-12(9-13(16)17)10-15-6-3-11(4-7-15)5-8-15/h11-12H,2-10H2,1H3/p+1. The van der Waals surface area contributed by atoms with Crippen molar-refractivity contribution < 1.29 is 28.7 Å². The van der Waals surface area contributed by atoms with Gasteiger partial charge in [-0.25, -0.2) is 4.79 Å². The molecule has 2 bridgehead atoms. The summed E-state index contributed by atoms with van der Waals surface area (Å²) >= 11 is 0. The van der Waals surface area contributed by atoms with Gasteiger partial charge in [0, 0.05) is 0 Å². The Morgan fingerprint density at radius 2 is 1.85 bits per heavy atom. The van der Waals surface area contributed by atoms with E-state index >= 15 is 0 Å². The van der Waals surface area contributed by atoms with E-state index in [9.17, 15) is 9.59 Å². The van der Waals surface area contributed by atoms with Crippen molar-refractivity contribution in [3.63, 3.8) is 0 Å². The maximum atomic E-state index is 11.4. The molecule has 3 saturated heterocycles. The van der Waals surface area contributed by atoms with E-state index in [4.69, 9.17) is 14.6 Å². The smallest absolute Gasteiger partial charge is 0.481 e. The third kappa shape index (κ3) is 3.85. The minimum absolute atomic E-state index is 0.151. The van der Waals surface area contributed by atoms with E-state index in [-0.39, 0.29) is 13.0 Å². The molecule has 6 nitrogen and oxygen atoms in total. The summed E-state index contributed by atoms with van der Waals surface area (Å²) in [7, 11) is 0. The Balaban J connectivity index is 1.95. The van der Waals surface area contributed by atoms with Gasteiger partial charge in [-0.05, 0) is 32.1 Å². The zero-order chi connectivity index (χ0) is 14.6. The molecule has 1 unspecified atom stereocenters. The maximum absolute atomic E-state index is 11.4. The normalized spacial score (nSPS) is 29.8. The van der Waals surface area contributed by atoms with Crippen LogP contribution in [0.3, 0.4) is 0 Å². The second kappa shape index (κ2) is 6.43.